The van der Waals surface area contributed by atoms with E-state index in [1.807, 2.05) is 6.07 Å². The molecule has 3 rings (SSSR count). The van der Waals surface area contributed by atoms with Crippen molar-refractivity contribution in [2.75, 3.05) is 19.4 Å². The third kappa shape index (κ3) is 3.26. The van der Waals surface area contributed by atoms with E-state index in [0.717, 1.165) is 4.31 Å². The molecule has 3 aromatic rings. The van der Waals surface area contributed by atoms with Crippen LogP contribution in [0.15, 0.2) is 65.6 Å². The molecule has 0 saturated carbocycles. The van der Waals surface area contributed by atoms with Gasteiger partial charge in [-0.25, -0.2) is 12.7 Å². The minimum absolute atomic E-state index is 0.120. The summed E-state index contributed by atoms with van der Waals surface area (Å²) in [6, 6.07) is 16.1. The Morgan fingerprint density at radius 2 is 1.54 bits per heavy atom. The molecular weight excluding hydrogens is 352 g/mol. The predicted molar refractivity (Wildman–Crippen MR) is 101 cm³/mol. The molecule has 134 valence electrons. The molecule has 0 aliphatic rings. The van der Waals surface area contributed by atoms with Gasteiger partial charge < -0.3 is 10.4 Å². The Labute approximate surface area is 151 Å². The van der Waals surface area contributed by atoms with Crippen LogP contribution in [0.1, 0.15) is 10.4 Å². The largest absolute Gasteiger partial charge is 0.507 e. The second-order valence-corrected chi connectivity index (χ2v) is 8.10. The van der Waals surface area contributed by atoms with Crippen LogP contribution in [0, 0.1) is 0 Å². The summed E-state index contributed by atoms with van der Waals surface area (Å²) in [5.41, 5.74) is 0.897. The molecule has 7 heteroatoms. The van der Waals surface area contributed by atoms with Gasteiger partial charge in [0.25, 0.3) is 5.91 Å². The van der Waals surface area contributed by atoms with Crippen LogP contribution in [0.25, 0.3) is 10.8 Å². The topological polar surface area (TPSA) is 86.7 Å². The van der Waals surface area contributed by atoms with E-state index in [2.05, 4.69) is 5.32 Å². The first kappa shape index (κ1) is 17.9. The fraction of sp³-hybridized carbons (Fsp3) is 0.105. The van der Waals surface area contributed by atoms with Crippen molar-refractivity contribution >= 4 is 32.4 Å². The van der Waals surface area contributed by atoms with Crippen molar-refractivity contribution in [3.63, 3.8) is 0 Å². The van der Waals surface area contributed by atoms with Gasteiger partial charge in [-0.3, -0.25) is 4.79 Å². The number of phenols is 1. The third-order valence-electron chi connectivity index (χ3n) is 4.04. The molecule has 0 unspecified atom stereocenters. The lowest BCUT2D eigenvalue weighted by molar-refractivity contribution is 0.102. The average molecular weight is 370 g/mol. The Hall–Kier alpha value is -2.90. The molecule has 3 aromatic carbocycles. The van der Waals surface area contributed by atoms with Gasteiger partial charge in [-0.15, -0.1) is 0 Å². The first-order valence-electron chi connectivity index (χ1n) is 7.85. The molecule has 0 bridgehead atoms. The van der Waals surface area contributed by atoms with Crippen molar-refractivity contribution in [1.82, 2.24) is 4.31 Å². The van der Waals surface area contributed by atoms with E-state index in [1.54, 1.807) is 24.3 Å². The highest BCUT2D eigenvalue weighted by atomic mass is 32.2. The normalized spacial score (nSPS) is 11.7. The molecular formula is C19H18N2O4S. The summed E-state index contributed by atoms with van der Waals surface area (Å²) < 4.78 is 25.3. The Morgan fingerprint density at radius 1 is 0.923 bits per heavy atom. The Bertz CT molecular complexity index is 1070. The fourth-order valence-corrected chi connectivity index (χ4v) is 3.48. The maximum Gasteiger partial charge on any atom is 0.255 e. The van der Waals surface area contributed by atoms with Crippen molar-refractivity contribution in [3.8, 4) is 5.75 Å². The van der Waals surface area contributed by atoms with Crippen LogP contribution in [-0.2, 0) is 10.0 Å². The summed E-state index contributed by atoms with van der Waals surface area (Å²) in [6.07, 6.45) is 0. The van der Waals surface area contributed by atoms with Crippen LogP contribution in [-0.4, -0.2) is 37.8 Å². The Balaban J connectivity index is 1.89. The standard InChI is InChI=1S/C19H18N2O4S/c1-21(2)26(24,25)14-9-7-13(8-10-14)19(23)20-17-11-12-18(22)16-6-4-3-5-15(16)17/h3-12,22H,1-2H3,(H,20,23). The van der Waals surface area contributed by atoms with Gasteiger partial charge >= 0.3 is 0 Å². The van der Waals surface area contributed by atoms with Gasteiger partial charge in [0.1, 0.15) is 5.75 Å². The monoisotopic (exact) mass is 370 g/mol. The SMILES string of the molecule is CN(C)S(=O)(=O)c1ccc(C(=O)Nc2ccc(O)c3ccccc23)cc1. The van der Waals surface area contributed by atoms with Gasteiger partial charge in [-0.2, -0.15) is 0 Å². The fourth-order valence-electron chi connectivity index (χ4n) is 2.58. The van der Waals surface area contributed by atoms with Crippen molar-refractivity contribution in [3.05, 3.63) is 66.2 Å². The minimum atomic E-state index is -3.54. The van der Waals surface area contributed by atoms with Gasteiger partial charge in [0.15, 0.2) is 0 Å². The molecule has 0 saturated heterocycles. The van der Waals surface area contributed by atoms with Crippen molar-refractivity contribution in [1.29, 1.82) is 0 Å². The highest BCUT2D eigenvalue weighted by molar-refractivity contribution is 7.89. The molecule has 26 heavy (non-hydrogen) atoms. The quantitative estimate of drug-likeness (QED) is 0.691. The van der Waals surface area contributed by atoms with Gasteiger partial charge in [0.05, 0.1) is 4.90 Å². The number of sulfonamides is 1. The number of aromatic hydroxyl groups is 1. The summed E-state index contributed by atoms with van der Waals surface area (Å²) >= 11 is 0. The lowest BCUT2D eigenvalue weighted by Crippen LogP contribution is -2.22. The highest BCUT2D eigenvalue weighted by Gasteiger charge is 2.18. The summed E-state index contributed by atoms with van der Waals surface area (Å²) in [6.45, 7) is 0. The second-order valence-electron chi connectivity index (χ2n) is 5.94. The van der Waals surface area contributed by atoms with E-state index >= 15 is 0 Å². The first-order valence-corrected chi connectivity index (χ1v) is 9.29. The number of nitrogens with one attached hydrogen (secondary N) is 1. The molecule has 0 aromatic heterocycles. The number of amides is 1. The zero-order valence-electron chi connectivity index (χ0n) is 14.3. The molecule has 0 aliphatic heterocycles. The maximum atomic E-state index is 12.5. The molecule has 0 spiro atoms. The Morgan fingerprint density at radius 3 is 2.15 bits per heavy atom. The van der Waals surface area contributed by atoms with Crippen molar-refractivity contribution in [2.45, 2.75) is 4.90 Å². The van der Waals surface area contributed by atoms with Crippen LogP contribution in [0.2, 0.25) is 0 Å². The number of fused-ring (bicyclic) bond motifs is 1. The molecule has 2 N–H and O–H groups in total. The smallest absolute Gasteiger partial charge is 0.255 e. The number of rotatable bonds is 4. The Kier molecular flexibility index (Phi) is 4.67. The lowest BCUT2D eigenvalue weighted by atomic mass is 10.1. The number of benzene rings is 3. The van der Waals surface area contributed by atoms with E-state index in [1.165, 1.54) is 44.4 Å². The average Bonchev–Trinajstić information content (AvgIpc) is 2.64. The van der Waals surface area contributed by atoms with Crippen LogP contribution in [0.4, 0.5) is 5.69 Å². The number of hydrogen-bond donors (Lipinski definition) is 2. The van der Waals surface area contributed by atoms with Crippen LogP contribution < -0.4 is 5.32 Å². The molecule has 6 nitrogen and oxygen atoms in total. The number of carbonyl (C=O) groups is 1. The number of phenolic OH excluding ortho intramolecular Hbond substituents is 1. The maximum absolute atomic E-state index is 12.5. The summed E-state index contributed by atoms with van der Waals surface area (Å²) in [5.74, 6) is -0.230. The van der Waals surface area contributed by atoms with Crippen LogP contribution >= 0.6 is 0 Å². The first-order chi connectivity index (χ1) is 12.3. The molecule has 0 fully saturated rings. The highest BCUT2D eigenvalue weighted by Crippen LogP contribution is 2.30. The second kappa shape index (κ2) is 6.78. The zero-order valence-corrected chi connectivity index (χ0v) is 15.1. The van der Waals surface area contributed by atoms with E-state index < -0.39 is 10.0 Å². The predicted octanol–water partition coefficient (Wildman–Crippen LogP) is 3.05. The van der Waals surface area contributed by atoms with Crippen molar-refractivity contribution in [2.24, 2.45) is 0 Å². The van der Waals surface area contributed by atoms with E-state index in [0.29, 0.717) is 22.0 Å². The third-order valence-corrected chi connectivity index (χ3v) is 5.87. The lowest BCUT2D eigenvalue weighted by Gasteiger charge is -2.12. The van der Waals surface area contributed by atoms with Gasteiger partial charge in [-0.1, -0.05) is 24.3 Å². The van der Waals surface area contributed by atoms with E-state index in [4.69, 9.17) is 0 Å². The number of carbonyl (C=O) groups excluding carboxylic acids is 1. The number of nitrogens with zero attached hydrogens (tertiary/aromatic N) is 1. The molecule has 1 amide bonds. The van der Waals surface area contributed by atoms with Gasteiger partial charge in [0.2, 0.25) is 10.0 Å². The zero-order chi connectivity index (χ0) is 18.9. The molecule has 0 radical (unpaired) electrons. The van der Waals surface area contributed by atoms with Crippen molar-refractivity contribution < 1.29 is 18.3 Å². The summed E-state index contributed by atoms with van der Waals surface area (Å²) in [4.78, 5) is 12.6. The number of anilines is 1. The van der Waals surface area contributed by atoms with Crippen LogP contribution in [0.5, 0.6) is 5.75 Å². The van der Waals surface area contributed by atoms with E-state index in [-0.39, 0.29) is 16.6 Å². The van der Waals surface area contributed by atoms with Gasteiger partial charge in [0, 0.05) is 36.1 Å². The molecule has 0 aliphatic carbocycles. The van der Waals surface area contributed by atoms with Crippen LogP contribution in [0.3, 0.4) is 0 Å². The minimum Gasteiger partial charge on any atom is -0.507 e. The molecule has 0 heterocycles. The summed E-state index contributed by atoms with van der Waals surface area (Å²) in [7, 11) is -0.637. The van der Waals surface area contributed by atoms with E-state index in [9.17, 15) is 18.3 Å². The summed E-state index contributed by atoms with van der Waals surface area (Å²) in [5, 5.41) is 14.1. The van der Waals surface area contributed by atoms with Gasteiger partial charge in [-0.05, 0) is 36.4 Å². The molecule has 0 atom stereocenters. The number of hydrogen-bond acceptors (Lipinski definition) is 4.